The summed E-state index contributed by atoms with van der Waals surface area (Å²) in [6, 6.07) is 0. The van der Waals surface area contributed by atoms with Crippen molar-refractivity contribution in [1.82, 2.24) is 0 Å². The number of rotatable bonds is 0. The molecule has 0 radical (unpaired) electrons. The zero-order valence-corrected chi connectivity index (χ0v) is 28.0. The van der Waals surface area contributed by atoms with Gasteiger partial charge in [0.2, 0.25) is 0 Å². The molecule has 2 saturated carbocycles. The third-order valence-electron chi connectivity index (χ3n) is 8.86. The van der Waals surface area contributed by atoms with Gasteiger partial charge in [-0.2, -0.15) is 0 Å². The van der Waals surface area contributed by atoms with Gasteiger partial charge in [-0.25, -0.2) is 0 Å². The molecule has 0 amide bonds. The Balaban J connectivity index is 0.000000494. The first-order valence-electron chi connectivity index (χ1n) is 16.5. The Morgan fingerprint density at radius 2 is 0.447 bits per heavy atom. The molecule has 0 nitrogen and oxygen atoms in total. The van der Waals surface area contributed by atoms with E-state index < -0.39 is 0 Å². The van der Waals surface area contributed by atoms with Gasteiger partial charge >= 0.3 is 0 Å². The van der Waals surface area contributed by atoms with Gasteiger partial charge in [-0.1, -0.05) is 132 Å². The number of fused-ring (bicyclic) bond motifs is 1. The molecule has 4 aliphatic carbocycles. The van der Waals surface area contributed by atoms with E-state index in [2.05, 4.69) is 132 Å². The molecule has 2 fully saturated rings. The van der Waals surface area contributed by atoms with Gasteiger partial charge < -0.3 is 0 Å². The molecule has 0 spiro atoms. The molecule has 0 aromatic heterocycles. The van der Waals surface area contributed by atoms with Crippen molar-refractivity contribution in [2.24, 2.45) is 59.2 Å². The van der Waals surface area contributed by atoms with Crippen molar-refractivity contribution in [3.05, 3.63) is 48.6 Å². The summed E-state index contributed by atoms with van der Waals surface area (Å²) in [5.74, 6) is 9.42. The first kappa shape index (κ1) is 37.0. The highest BCUT2D eigenvalue weighted by Gasteiger charge is 2.54. The second kappa shape index (κ2) is 21.7. The predicted molar refractivity (Wildman–Crippen MR) is 176 cm³/mol. The predicted octanol–water partition coefficient (Wildman–Crippen LogP) is 12.7. The highest BCUT2D eigenvalue weighted by atomic mass is 14.6. The van der Waals surface area contributed by atoms with E-state index in [1.165, 1.54) is 51.4 Å². The van der Waals surface area contributed by atoms with E-state index in [0.29, 0.717) is 0 Å². The second-order valence-electron chi connectivity index (χ2n) is 14.0. The summed E-state index contributed by atoms with van der Waals surface area (Å²) in [5.41, 5.74) is 0. The van der Waals surface area contributed by atoms with Crippen LogP contribution in [-0.4, -0.2) is 0 Å². The maximum atomic E-state index is 2.49. The highest BCUT2D eigenvalue weighted by molar-refractivity contribution is 5.02. The standard InChI is InChI=1S/C14H26.2C8H12.2C4H10/c1-7-9(3)13-11(5)8(2)12(6)14(13)10(7)4;2*1-2-4-6-8-7-5-3-1;2*1-4(2)3/h7-14H,1-6H3;2*1-2,7-8H,3-6H2;2*4H,1-3H3/b;2*2-1-,8-7?;;. The summed E-state index contributed by atoms with van der Waals surface area (Å²) in [6.07, 6.45) is 28.0. The average Bonchev–Trinajstić information content (AvgIpc) is 3.14. The van der Waals surface area contributed by atoms with Crippen LogP contribution in [0.2, 0.25) is 0 Å². The minimum Gasteiger partial charge on any atom is -0.0882 e. The van der Waals surface area contributed by atoms with E-state index >= 15 is 0 Å². The molecule has 0 heteroatoms. The van der Waals surface area contributed by atoms with Crippen LogP contribution < -0.4 is 0 Å². The molecule has 4 unspecified atom stereocenters. The lowest BCUT2D eigenvalue weighted by Gasteiger charge is -2.25. The summed E-state index contributed by atoms with van der Waals surface area (Å²) >= 11 is 0. The monoisotopic (exact) mass is 527 g/mol. The van der Waals surface area contributed by atoms with Crippen LogP contribution in [0.3, 0.4) is 0 Å². The van der Waals surface area contributed by atoms with Gasteiger partial charge in [-0.15, -0.1) is 0 Å². The lowest BCUT2D eigenvalue weighted by atomic mass is 9.80. The largest absolute Gasteiger partial charge is 0.0882 e. The van der Waals surface area contributed by atoms with Crippen LogP contribution in [0.1, 0.15) is 134 Å². The van der Waals surface area contributed by atoms with Gasteiger partial charge in [0.1, 0.15) is 0 Å². The van der Waals surface area contributed by atoms with Crippen LogP contribution in [0.5, 0.6) is 0 Å². The summed E-state index contributed by atoms with van der Waals surface area (Å²) in [7, 11) is 0. The van der Waals surface area contributed by atoms with Gasteiger partial charge in [0.05, 0.1) is 0 Å². The Hall–Kier alpha value is -1.04. The van der Waals surface area contributed by atoms with Crippen molar-refractivity contribution in [3.8, 4) is 0 Å². The lowest BCUT2D eigenvalue weighted by Crippen LogP contribution is -2.19. The molecule has 0 saturated heterocycles. The van der Waals surface area contributed by atoms with E-state index in [-0.39, 0.29) is 0 Å². The minimum absolute atomic E-state index is 0.833. The third-order valence-corrected chi connectivity index (χ3v) is 8.86. The van der Waals surface area contributed by atoms with E-state index in [4.69, 9.17) is 0 Å². The van der Waals surface area contributed by atoms with Crippen LogP contribution in [0.4, 0.5) is 0 Å². The number of hydrogen-bond donors (Lipinski definition) is 0. The maximum Gasteiger partial charge on any atom is -0.0316 e. The fourth-order valence-electron chi connectivity index (χ4n) is 6.43. The highest BCUT2D eigenvalue weighted by Crippen LogP contribution is 2.60. The minimum atomic E-state index is 0.833. The molecular weight excluding hydrogens is 456 g/mol. The molecule has 4 rings (SSSR count). The molecule has 0 aliphatic heterocycles. The van der Waals surface area contributed by atoms with Crippen molar-refractivity contribution in [2.75, 3.05) is 0 Å². The molecule has 222 valence electrons. The first-order chi connectivity index (χ1) is 17.9. The summed E-state index contributed by atoms with van der Waals surface area (Å²) in [6.45, 7) is 27.9. The normalized spacial score (nSPS) is 35.2. The summed E-state index contributed by atoms with van der Waals surface area (Å²) < 4.78 is 0. The van der Waals surface area contributed by atoms with Gasteiger partial charge in [0, 0.05) is 0 Å². The SMILES string of the molecule is C1=CCC/C=C\CC1.C1=CCC/C=C\CC1.CC(C)C.CC(C)C.CC1C(C)C2C(C)C(C)C(C)C2C1C. The van der Waals surface area contributed by atoms with E-state index in [0.717, 1.165) is 59.2 Å². The smallest absolute Gasteiger partial charge is 0.0316 e. The van der Waals surface area contributed by atoms with Gasteiger partial charge in [0.15, 0.2) is 0 Å². The Bertz CT molecular complexity index is 524. The molecule has 4 aliphatic rings. The fraction of sp³-hybridized carbons (Fsp3) is 0.789. The van der Waals surface area contributed by atoms with Crippen molar-refractivity contribution < 1.29 is 0 Å². The van der Waals surface area contributed by atoms with Crippen LogP contribution in [0, 0.1) is 59.2 Å². The molecular formula is C38H70. The Labute approximate surface area is 241 Å². The number of hydrogen-bond acceptors (Lipinski definition) is 0. The zero-order valence-electron chi connectivity index (χ0n) is 28.0. The van der Waals surface area contributed by atoms with Gasteiger partial charge in [-0.3, -0.25) is 0 Å². The topological polar surface area (TPSA) is 0 Å². The summed E-state index contributed by atoms with van der Waals surface area (Å²) in [4.78, 5) is 0. The van der Waals surface area contributed by atoms with Crippen LogP contribution in [0.25, 0.3) is 0 Å². The molecule has 0 aromatic rings. The zero-order chi connectivity index (χ0) is 29.1. The van der Waals surface area contributed by atoms with Crippen LogP contribution in [-0.2, 0) is 0 Å². The maximum absolute atomic E-state index is 2.49. The molecule has 4 atom stereocenters. The van der Waals surface area contributed by atoms with Crippen molar-refractivity contribution in [1.29, 1.82) is 0 Å². The van der Waals surface area contributed by atoms with E-state index in [9.17, 15) is 0 Å². The van der Waals surface area contributed by atoms with Crippen LogP contribution in [0.15, 0.2) is 48.6 Å². The van der Waals surface area contributed by atoms with E-state index in [1.54, 1.807) is 0 Å². The van der Waals surface area contributed by atoms with Crippen molar-refractivity contribution >= 4 is 0 Å². The Morgan fingerprint density at radius 3 is 0.579 bits per heavy atom. The third kappa shape index (κ3) is 15.5. The quantitative estimate of drug-likeness (QED) is 0.275. The average molecular weight is 527 g/mol. The molecule has 0 bridgehead atoms. The molecule has 38 heavy (non-hydrogen) atoms. The van der Waals surface area contributed by atoms with E-state index in [1.807, 2.05) is 0 Å². The fourth-order valence-corrected chi connectivity index (χ4v) is 6.43. The first-order valence-corrected chi connectivity index (χ1v) is 16.5. The van der Waals surface area contributed by atoms with Gasteiger partial charge in [0.25, 0.3) is 0 Å². The van der Waals surface area contributed by atoms with Crippen molar-refractivity contribution in [2.45, 2.75) is 134 Å². The molecule has 0 N–H and O–H groups in total. The molecule has 0 aromatic carbocycles. The Morgan fingerprint density at radius 1 is 0.316 bits per heavy atom. The summed E-state index contributed by atoms with van der Waals surface area (Å²) in [5, 5.41) is 0. The lowest BCUT2D eigenvalue weighted by molar-refractivity contribution is 0.233. The number of allylic oxidation sites excluding steroid dienone is 8. The van der Waals surface area contributed by atoms with Crippen LogP contribution >= 0.6 is 0 Å². The Kier molecular flexibility index (Phi) is 21.1. The van der Waals surface area contributed by atoms with Crippen molar-refractivity contribution in [3.63, 3.8) is 0 Å². The molecule has 0 heterocycles. The van der Waals surface area contributed by atoms with Gasteiger partial charge in [-0.05, 0) is 111 Å². The second-order valence-corrected chi connectivity index (χ2v) is 14.0.